The number of aliphatic hydroxyl groups is 1. The van der Waals surface area contributed by atoms with Gasteiger partial charge in [-0.2, -0.15) is 0 Å². The fraction of sp³-hybridized carbons (Fsp3) is 0.450. The van der Waals surface area contributed by atoms with Crippen LogP contribution in [0, 0.1) is 0 Å². The zero-order valence-corrected chi connectivity index (χ0v) is 31.4. The van der Waals surface area contributed by atoms with Crippen molar-refractivity contribution >= 4 is 43.2 Å². The first-order valence-corrected chi connectivity index (χ1v) is 19.7. The number of benzene rings is 3. The molecule has 0 radical (unpaired) electrons. The van der Waals surface area contributed by atoms with Crippen LogP contribution in [0.1, 0.15) is 118 Å². The number of hydrogen-bond acceptors (Lipinski definition) is 4. The lowest BCUT2D eigenvalue weighted by atomic mass is 9.73. The number of rotatable bonds is 18. The monoisotopic (exact) mass is 766 g/mol. The summed E-state index contributed by atoms with van der Waals surface area (Å²) in [6, 6.07) is 21.0. The van der Waals surface area contributed by atoms with E-state index in [2.05, 4.69) is 112 Å². The first kappa shape index (κ1) is 35.2. The average Bonchev–Trinajstić information content (AvgIpc) is 3.56. The highest BCUT2D eigenvalue weighted by Crippen LogP contribution is 2.51. The molecule has 1 N–H and O–H groups in total. The molecule has 1 aromatic heterocycles. The van der Waals surface area contributed by atoms with Crippen molar-refractivity contribution in [2.45, 2.75) is 103 Å². The van der Waals surface area contributed by atoms with Gasteiger partial charge in [-0.1, -0.05) is 128 Å². The largest absolute Gasteiger partial charge is 0.490 e. The first-order valence-electron chi connectivity index (χ1n) is 17.2. The smallest absolute Gasteiger partial charge is 0.161 e. The molecule has 0 saturated carbocycles. The minimum absolute atomic E-state index is 0.673. The van der Waals surface area contributed by atoms with Crippen LogP contribution < -0.4 is 9.47 Å². The Bertz CT molecular complexity index is 1510. The van der Waals surface area contributed by atoms with Crippen molar-refractivity contribution in [2.75, 3.05) is 13.2 Å². The summed E-state index contributed by atoms with van der Waals surface area (Å²) in [6.07, 6.45) is 15.5. The summed E-state index contributed by atoms with van der Waals surface area (Å²) in [5.74, 6) is 1.59. The Labute approximate surface area is 297 Å². The highest BCUT2D eigenvalue weighted by atomic mass is 79.9. The highest BCUT2D eigenvalue weighted by molar-refractivity contribution is 9.10. The second-order valence-electron chi connectivity index (χ2n) is 12.5. The summed E-state index contributed by atoms with van der Waals surface area (Å²) < 4.78 is 14.7. The van der Waals surface area contributed by atoms with E-state index in [0.29, 0.717) is 13.2 Å². The zero-order chi connectivity index (χ0) is 32.4. The van der Waals surface area contributed by atoms with E-state index in [-0.39, 0.29) is 0 Å². The van der Waals surface area contributed by atoms with Crippen LogP contribution in [0.15, 0.2) is 75.0 Å². The molecule has 0 atom stereocenters. The van der Waals surface area contributed by atoms with Crippen LogP contribution in [0.25, 0.3) is 11.1 Å². The average molecular weight is 769 g/mol. The molecule has 4 aromatic rings. The van der Waals surface area contributed by atoms with E-state index in [1.165, 1.54) is 64.2 Å². The SMILES string of the molecule is CCCCCCCCOc1ccc(-c2ccsc2C2(O)c3cc(Br)ccc3Cc3ccc(Br)cc32)cc1OCCCCCCCC. The Hall–Kier alpha value is -2.12. The minimum atomic E-state index is -1.30. The van der Waals surface area contributed by atoms with E-state index in [9.17, 15) is 5.11 Å². The zero-order valence-electron chi connectivity index (χ0n) is 27.4. The second-order valence-corrected chi connectivity index (χ2v) is 15.3. The fourth-order valence-electron chi connectivity index (χ4n) is 6.53. The number of ether oxygens (including phenoxy) is 2. The third-order valence-corrected chi connectivity index (χ3v) is 11.1. The second kappa shape index (κ2) is 17.3. The Balaban J connectivity index is 1.44. The number of fused-ring (bicyclic) bond motifs is 2. The van der Waals surface area contributed by atoms with Crippen molar-refractivity contribution in [2.24, 2.45) is 0 Å². The van der Waals surface area contributed by atoms with Gasteiger partial charge in [-0.3, -0.25) is 0 Å². The van der Waals surface area contributed by atoms with Gasteiger partial charge in [0, 0.05) is 8.95 Å². The van der Waals surface area contributed by atoms with Crippen molar-refractivity contribution in [3.05, 3.63) is 102 Å². The first-order chi connectivity index (χ1) is 22.5. The molecule has 0 amide bonds. The van der Waals surface area contributed by atoms with Gasteiger partial charge in [-0.15, -0.1) is 11.3 Å². The quantitative estimate of drug-likeness (QED) is 0.102. The highest BCUT2D eigenvalue weighted by Gasteiger charge is 2.43. The Morgan fingerprint density at radius 3 is 1.78 bits per heavy atom. The maximum Gasteiger partial charge on any atom is 0.161 e. The van der Waals surface area contributed by atoms with Crippen molar-refractivity contribution in [3.63, 3.8) is 0 Å². The number of halogens is 2. The van der Waals surface area contributed by atoms with Crippen LogP contribution in [0.3, 0.4) is 0 Å². The van der Waals surface area contributed by atoms with Crippen LogP contribution in [0.4, 0.5) is 0 Å². The van der Waals surface area contributed by atoms with E-state index in [4.69, 9.17) is 9.47 Å². The normalized spacial score (nSPS) is 13.3. The lowest BCUT2D eigenvalue weighted by molar-refractivity contribution is 0.125. The molecular weight excluding hydrogens is 720 g/mol. The molecule has 1 aliphatic rings. The van der Waals surface area contributed by atoms with E-state index in [1.807, 2.05) is 0 Å². The summed E-state index contributed by atoms with van der Waals surface area (Å²) in [6.45, 7) is 5.87. The maximum atomic E-state index is 12.9. The molecule has 0 aliphatic heterocycles. The van der Waals surface area contributed by atoms with Gasteiger partial charge in [0.2, 0.25) is 0 Å². The van der Waals surface area contributed by atoms with Gasteiger partial charge in [0.05, 0.1) is 18.1 Å². The van der Waals surface area contributed by atoms with Gasteiger partial charge in [0.25, 0.3) is 0 Å². The van der Waals surface area contributed by atoms with Crippen molar-refractivity contribution in [3.8, 4) is 22.6 Å². The molecule has 0 saturated heterocycles. The predicted octanol–water partition coefficient (Wildman–Crippen LogP) is 12.6. The lowest BCUT2D eigenvalue weighted by Crippen LogP contribution is -2.34. The molecule has 0 fully saturated rings. The molecule has 0 unspecified atom stereocenters. The topological polar surface area (TPSA) is 38.7 Å². The van der Waals surface area contributed by atoms with Crippen molar-refractivity contribution in [1.29, 1.82) is 0 Å². The third-order valence-electron chi connectivity index (χ3n) is 9.06. The van der Waals surface area contributed by atoms with Gasteiger partial charge in [0.1, 0.15) is 0 Å². The van der Waals surface area contributed by atoms with Gasteiger partial charge >= 0.3 is 0 Å². The molecule has 0 bridgehead atoms. The summed E-state index contributed by atoms with van der Waals surface area (Å²) >= 11 is 8.97. The van der Waals surface area contributed by atoms with Crippen molar-refractivity contribution < 1.29 is 14.6 Å². The summed E-state index contributed by atoms with van der Waals surface area (Å²) in [7, 11) is 0. The van der Waals surface area contributed by atoms with Crippen LogP contribution in [-0.4, -0.2) is 18.3 Å². The molecule has 3 aromatic carbocycles. The molecule has 6 heteroatoms. The molecule has 5 rings (SSSR count). The molecule has 246 valence electrons. The summed E-state index contributed by atoms with van der Waals surface area (Å²) in [5, 5.41) is 15.0. The summed E-state index contributed by atoms with van der Waals surface area (Å²) in [4.78, 5) is 0.911. The third kappa shape index (κ3) is 8.47. The van der Waals surface area contributed by atoms with E-state index >= 15 is 0 Å². The fourth-order valence-corrected chi connectivity index (χ4v) is 8.29. The van der Waals surface area contributed by atoms with Crippen LogP contribution in [0.2, 0.25) is 0 Å². The van der Waals surface area contributed by atoms with Gasteiger partial charge in [-0.05, 0) is 100 Å². The van der Waals surface area contributed by atoms with E-state index in [0.717, 1.165) is 78.0 Å². The van der Waals surface area contributed by atoms with E-state index in [1.54, 1.807) is 11.3 Å². The number of thiophene rings is 1. The maximum absolute atomic E-state index is 12.9. The van der Waals surface area contributed by atoms with Gasteiger partial charge < -0.3 is 14.6 Å². The van der Waals surface area contributed by atoms with Crippen LogP contribution >= 0.6 is 43.2 Å². The van der Waals surface area contributed by atoms with Crippen LogP contribution in [-0.2, 0) is 12.0 Å². The minimum Gasteiger partial charge on any atom is -0.490 e. The standard InChI is InChI=1S/C40H48Br2O3S/c1-3-5-7-9-11-13-22-44-37-20-17-29(26-38(37)45-23-14-12-10-8-6-4-2)34-21-24-46-39(34)40(43)35-27-32(41)18-15-30(35)25-31-16-19-33(42)28-36(31)40/h15-21,24,26-28,43H,3-14,22-23,25H2,1-2H3. The Morgan fingerprint density at radius 2 is 1.20 bits per heavy atom. The van der Waals surface area contributed by atoms with Crippen LogP contribution in [0.5, 0.6) is 11.5 Å². The Kier molecular flexibility index (Phi) is 13.3. The molecule has 1 heterocycles. The molecular formula is C40H48Br2O3S. The number of unbranched alkanes of at least 4 members (excludes halogenated alkanes) is 10. The lowest BCUT2D eigenvalue weighted by Gasteiger charge is -2.37. The summed E-state index contributed by atoms with van der Waals surface area (Å²) in [5.41, 5.74) is 4.87. The number of hydrogen-bond donors (Lipinski definition) is 1. The predicted molar refractivity (Wildman–Crippen MR) is 201 cm³/mol. The van der Waals surface area contributed by atoms with Gasteiger partial charge in [-0.25, -0.2) is 0 Å². The molecule has 46 heavy (non-hydrogen) atoms. The Morgan fingerprint density at radius 1 is 0.652 bits per heavy atom. The molecule has 3 nitrogen and oxygen atoms in total. The molecule has 0 spiro atoms. The molecule has 1 aliphatic carbocycles. The van der Waals surface area contributed by atoms with Gasteiger partial charge in [0.15, 0.2) is 17.1 Å². The van der Waals surface area contributed by atoms with Crippen molar-refractivity contribution in [1.82, 2.24) is 0 Å². The van der Waals surface area contributed by atoms with E-state index < -0.39 is 5.60 Å².